The Hall–Kier alpha value is -1.28. The van der Waals surface area contributed by atoms with Crippen LogP contribution in [0.5, 0.6) is 0 Å². The van der Waals surface area contributed by atoms with Gasteiger partial charge in [-0.25, -0.2) is 0 Å². The summed E-state index contributed by atoms with van der Waals surface area (Å²) in [6.07, 6.45) is 4.83. The average molecular weight is 204 g/mol. The summed E-state index contributed by atoms with van der Waals surface area (Å²) in [5.41, 5.74) is 1.25. The minimum Gasteiger partial charge on any atom is -0.297 e. The Balaban J connectivity index is 2.32. The molecule has 14 heavy (non-hydrogen) atoms. The first-order chi connectivity index (χ1) is 6.81. The molecule has 0 saturated carbocycles. The maximum Gasteiger partial charge on any atom is 0.155 e. The fourth-order valence-electron chi connectivity index (χ4n) is 1.43. The van der Waals surface area contributed by atoms with Crippen molar-refractivity contribution in [3.05, 3.63) is 52.3 Å². The highest BCUT2D eigenvalue weighted by molar-refractivity contribution is 8.23. The standard InChI is InChI=1S/C12H12OS/c1-10-4-6-11(7-5-10)14-8-2-3-12(14)9-13/h2-9,14H,1H3. The molecule has 0 aliphatic carbocycles. The summed E-state index contributed by atoms with van der Waals surface area (Å²) in [4.78, 5) is 12.9. The maximum absolute atomic E-state index is 10.8. The van der Waals surface area contributed by atoms with E-state index in [2.05, 4.69) is 36.6 Å². The Morgan fingerprint density at radius 2 is 1.93 bits per heavy atom. The number of allylic oxidation sites excluding steroid dienone is 3. The third-order valence-corrected chi connectivity index (χ3v) is 4.35. The molecule has 0 bridgehead atoms. The molecule has 1 unspecified atom stereocenters. The number of benzene rings is 1. The van der Waals surface area contributed by atoms with Gasteiger partial charge in [0.1, 0.15) is 0 Å². The monoisotopic (exact) mass is 204 g/mol. The number of rotatable bonds is 2. The van der Waals surface area contributed by atoms with Crippen LogP contribution in [0.4, 0.5) is 0 Å². The Labute approximate surface area is 86.5 Å². The number of aldehydes is 1. The molecule has 0 amide bonds. The zero-order chi connectivity index (χ0) is 9.97. The Kier molecular flexibility index (Phi) is 2.55. The van der Waals surface area contributed by atoms with Crippen LogP contribution >= 0.6 is 10.9 Å². The fourth-order valence-corrected chi connectivity index (χ4v) is 3.16. The van der Waals surface area contributed by atoms with E-state index < -0.39 is 10.9 Å². The van der Waals surface area contributed by atoms with Gasteiger partial charge < -0.3 is 0 Å². The molecule has 1 heterocycles. The molecule has 0 saturated heterocycles. The lowest BCUT2D eigenvalue weighted by Gasteiger charge is -2.14. The van der Waals surface area contributed by atoms with E-state index in [-0.39, 0.29) is 0 Å². The van der Waals surface area contributed by atoms with Crippen LogP contribution in [-0.4, -0.2) is 6.29 Å². The Bertz CT molecular complexity index is 401. The summed E-state index contributed by atoms with van der Waals surface area (Å²) in [7, 11) is -0.504. The predicted molar refractivity (Wildman–Crippen MR) is 61.7 cm³/mol. The van der Waals surface area contributed by atoms with E-state index in [9.17, 15) is 4.79 Å². The minimum atomic E-state index is -0.504. The molecule has 2 heteroatoms. The van der Waals surface area contributed by atoms with Crippen molar-refractivity contribution in [3.8, 4) is 0 Å². The van der Waals surface area contributed by atoms with Crippen molar-refractivity contribution in [2.75, 3.05) is 0 Å². The van der Waals surface area contributed by atoms with Crippen molar-refractivity contribution in [3.63, 3.8) is 0 Å². The van der Waals surface area contributed by atoms with Gasteiger partial charge in [0.25, 0.3) is 0 Å². The molecule has 1 aliphatic heterocycles. The third kappa shape index (κ3) is 1.66. The molecular weight excluding hydrogens is 192 g/mol. The van der Waals surface area contributed by atoms with E-state index in [1.807, 2.05) is 12.2 Å². The van der Waals surface area contributed by atoms with Crippen molar-refractivity contribution in [2.24, 2.45) is 0 Å². The number of aryl methyl sites for hydroxylation is 1. The highest BCUT2D eigenvalue weighted by Crippen LogP contribution is 2.47. The highest BCUT2D eigenvalue weighted by Gasteiger charge is 2.11. The number of carbonyl (C=O) groups is 1. The van der Waals surface area contributed by atoms with Crippen LogP contribution in [0.2, 0.25) is 0 Å². The van der Waals surface area contributed by atoms with Crippen LogP contribution < -0.4 is 0 Å². The molecule has 1 atom stereocenters. The van der Waals surface area contributed by atoms with Gasteiger partial charge in [-0.05, 0) is 35.4 Å². The molecule has 1 aromatic rings. The molecule has 0 N–H and O–H groups in total. The van der Waals surface area contributed by atoms with E-state index in [1.54, 1.807) is 0 Å². The average Bonchev–Trinajstić information content (AvgIpc) is 2.67. The lowest BCUT2D eigenvalue weighted by Crippen LogP contribution is -1.84. The smallest absolute Gasteiger partial charge is 0.155 e. The van der Waals surface area contributed by atoms with Crippen molar-refractivity contribution < 1.29 is 4.79 Å². The minimum absolute atomic E-state index is 0.504. The first-order valence-electron chi connectivity index (χ1n) is 4.51. The Morgan fingerprint density at radius 1 is 1.21 bits per heavy atom. The summed E-state index contributed by atoms with van der Waals surface area (Å²) in [6, 6.07) is 8.39. The lowest BCUT2D eigenvalue weighted by atomic mass is 10.2. The third-order valence-electron chi connectivity index (χ3n) is 2.21. The Morgan fingerprint density at radius 3 is 2.57 bits per heavy atom. The van der Waals surface area contributed by atoms with Gasteiger partial charge in [-0.1, -0.05) is 23.8 Å². The molecule has 1 nitrogen and oxygen atoms in total. The van der Waals surface area contributed by atoms with Crippen molar-refractivity contribution in [2.45, 2.75) is 11.8 Å². The van der Waals surface area contributed by atoms with Crippen LogP contribution in [0.1, 0.15) is 5.56 Å². The normalized spacial score (nSPS) is 22.1. The van der Waals surface area contributed by atoms with Gasteiger partial charge in [0, 0.05) is 4.91 Å². The van der Waals surface area contributed by atoms with Gasteiger partial charge in [-0.15, -0.1) is 0 Å². The van der Waals surface area contributed by atoms with Crippen molar-refractivity contribution in [1.82, 2.24) is 0 Å². The molecule has 0 aromatic heterocycles. The van der Waals surface area contributed by atoms with Gasteiger partial charge in [0.2, 0.25) is 0 Å². The summed E-state index contributed by atoms with van der Waals surface area (Å²) < 4.78 is 0. The quantitative estimate of drug-likeness (QED) is 0.579. The first-order valence-corrected chi connectivity index (χ1v) is 5.92. The topological polar surface area (TPSA) is 17.1 Å². The second-order valence-corrected chi connectivity index (χ2v) is 5.33. The van der Waals surface area contributed by atoms with Crippen molar-refractivity contribution >= 4 is 17.2 Å². The fraction of sp³-hybridized carbons (Fsp3) is 0.0833. The zero-order valence-electron chi connectivity index (χ0n) is 7.97. The van der Waals surface area contributed by atoms with Gasteiger partial charge in [-0.3, -0.25) is 4.79 Å². The number of carbonyl (C=O) groups excluding carboxylic acids is 1. The van der Waals surface area contributed by atoms with Crippen LogP contribution in [0.3, 0.4) is 0 Å². The molecule has 0 fully saturated rings. The van der Waals surface area contributed by atoms with E-state index >= 15 is 0 Å². The van der Waals surface area contributed by atoms with Crippen LogP contribution in [-0.2, 0) is 4.79 Å². The maximum atomic E-state index is 10.8. The van der Waals surface area contributed by atoms with E-state index in [1.165, 1.54) is 10.5 Å². The molecule has 0 spiro atoms. The summed E-state index contributed by atoms with van der Waals surface area (Å²) in [6.45, 7) is 2.07. The molecule has 2 rings (SSSR count). The van der Waals surface area contributed by atoms with E-state index in [0.717, 1.165) is 11.2 Å². The van der Waals surface area contributed by atoms with Crippen LogP contribution in [0, 0.1) is 6.92 Å². The summed E-state index contributed by atoms with van der Waals surface area (Å²) in [5, 5.41) is 2.11. The molecule has 0 radical (unpaired) electrons. The SMILES string of the molecule is Cc1ccc([SH]2C=CC=C2C=O)cc1. The van der Waals surface area contributed by atoms with Gasteiger partial charge in [0.05, 0.1) is 0 Å². The number of hydrogen-bond acceptors (Lipinski definition) is 1. The van der Waals surface area contributed by atoms with Crippen LogP contribution in [0.25, 0.3) is 0 Å². The summed E-state index contributed by atoms with van der Waals surface area (Å²) in [5.74, 6) is 0. The summed E-state index contributed by atoms with van der Waals surface area (Å²) >= 11 is 0. The number of hydrogen-bond donors (Lipinski definition) is 1. The van der Waals surface area contributed by atoms with E-state index in [0.29, 0.717) is 0 Å². The van der Waals surface area contributed by atoms with Crippen LogP contribution in [0.15, 0.2) is 51.6 Å². The molecule has 1 aliphatic rings. The second kappa shape index (κ2) is 3.84. The van der Waals surface area contributed by atoms with Crippen molar-refractivity contribution in [1.29, 1.82) is 0 Å². The van der Waals surface area contributed by atoms with E-state index in [4.69, 9.17) is 0 Å². The lowest BCUT2D eigenvalue weighted by molar-refractivity contribution is -0.104. The predicted octanol–water partition coefficient (Wildman–Crippen LogP) is 2.97. The first kappa shape index (κ1) is 9.28. The molecule has 72 valence electrons. The second-order valence-electron chi connectivity index (χ2n) is 3.26. The molecular formula is C12H12OS. The van der Waals surface area contributed by atoms with Gasteiger partial charge >= 0.3 is 0 Å². The number of thiol groups is 1. The zero-order valence-corrected chi connectivity index (χ0v) is 8.87. The largest absolute Gasteiger partial charge is 0.297 e. The molecule has 1 aromatic carbocycles. The van der Waals surface area contributed by atoms with Gasteiger partial charge in [0.15, 0.2) is 6.29 Å². The van der Waals surface area contributed by atoms with Gasteiger partial charge in [-0.2, -0.15) is 10.9 Å². The highest BCUT2D eigenvalue weighted by atomic mass is 32.2.